The molecule has 106 valence electrons. The van der Waals surface area contributed by atoms with E-state index in [1.165, 1.54) is 6.20 Å². The monoisotopic (exact) mass is 283 g/mol. The van der Waals surface area contributed by atoms with Crippen molar-refractivity contribution in [3.8, 4) is 0 Å². The lowest BCUT2D eigenvalue weighted by molar-refractivity contribution is 0.368. The number of nitrogens with two attached hydrogens (primary N) is 1. The predicted molar refractivity (Wildman–Crippen MR) is 74.9 cm³/mol. The number of hydrogen-bond donors (Lipinski definition) is 2. The van der Waals surface area contributed by atoms with Gasteiger partial charge in [-0.05, 0) is 36.8 Å². The summed E-state index contributed by atoms with van der Waals surface area (Å²) in [5, 5.41) is -0.0675. The maximum absolute atomic E-state index is 12.3. The molecule has 3 unspecified atom stereocenters. The molecule has 2 rings (SSSR count). The molecule has 0 aliphatic heterocycles. The zero-order valence-electron chi connectivity index (χ0n) is 11.3. The molecule has 1 heterocycles. The van der Waals surface area contributed by atoms with Gasteiger partial charge in [-0.3, -0.25) is 0 Å². The second-order valence-corrected chi connectivity index (χ2v) is 6.86. The van der Waals surface area contributed by atoms with E-state index in [-0.39, 0.29) is 16.8 Å². The van der Waals surface area contributed by atoms with E-state index >= 15 is 0 Å². The minimum atomic E-state index is -3.63. The number of aromatic nitrogens is 1. The molecular formula is C13H21N3O2S. The number of sulfonamides is 1. The zero-order valence-corrected chi connectivity index (χ0v) is 12.2. The van der Waals surface area contributed by atoms with Crippen molar-refractivity contribution in [1.82, 2.24) is 9.71 Å². The Hall–Kier alpha value is -1.14. The Bertz CT molecular complexity index is 545. The van der Waals surface area contributed by atoms with E-state index in [1.807, 2.05) is 0 Å². The third-order valence-electron chi connectivity index (χ3n) is 4.11. The number of nitrogen functional groups attached to an aromatic ring is 1. The van der Waals surface area contributed by atoms with Crippen LogP contribution < -0.4 is 10.5 Å². The molecule has 19 heavy (non-hydrogen) atoms. The first-order chi connectivity index (χ1) is 8.95. The van der Waals surface area contributed by atoms with Gasteiger partial charge in [0.05, 0.1) is 5.69 Å². The fourth-order valence-electron chi connectivity index (χ4n) is 2.87. The van der Waals surface area contributed by atoms with Crippen molar-refractivity contribution in [2.75, 3.05) is 5.73 Å². The van der Waals surface area contributed by atoms with Crippen molar-refractivity contribution >= 4 is 15.7 Å². The van der Waals surface area contributed by atoms with E-state index in [2.05, 4.69) is 23.6 Å². The fourth-order valence-corrected chi connectivity index (χ4v) is 4.29. The second kappa shape index (κ2) is 5.46. The van der Waals surface area contributed by atoms with E-state index in [0.29, 0.717) is 11.8 Å². The highest BCUT2D eigenvalue weighted by molar-refractivity contribution is 7.89. The summed E-state index contributed by atoms with van der Waals surface area (Å²) in [5.41, 5.74) is 5.88. The molecule has 6 heteroatoms. The maximum atomic E-state index is 12.3. The number of nitrogens with one attached hydrogen (secondary N) is 1. The molecule has 0 aromatic carbocycles. The van der Waals surface area contributed by atoms with Crippen molar-refractivity contribution in [2.24, 2.45) is 11.8 Å². The molecule has 0 radical (unpaired) electrons. The van der Waals surface area contributed by atoms with Gasteiger partial charge in [-0.2, -0.15) is 0 Å². The molecule has 1 aliphatic rings. The molecule has 0 bridgehead atoms. The number of nitrogens with zero attached hydrogens (tertiary/aromatic N) is 1. The molecule has 1 aliphatic carbocycles. The Morgan fingerprint density at radius 3 is 2.79 bits per heavy atom. The molecule has 5 nitrogen and oxygen atoms in total. The van der Waals surface area contributed by atoms with E-state index in [1.54, 1.807) is 12.1 Å². The van der Waals surface area contributed by atoms with Crippen molar-refractivity contribution in [1.29, 1.82) is 0 Å². The van der Waals surface area contributed by atoms with Gasteiger partial charge in [-0.1, -0.05) is 20.3 Å². The molecule has 0 saturated heterocycles. The Kier molecular flexibility index (Phi) is 4.10. The minimum absolute atomic E-state index is 0.0173. The van der Waals surface area contributed by atoms with Gasteiger partial charge in [0.25, 0.3) is 10.0 Å². The molecule has 1 aromatic rings. The highest BCUT2D eigenvalue weighted by Gasteiger charge is 2.35. The first-order valence-electron chi connectivity index (χ1n) is 6.68. The zero-order chi connectivity index (χ0) is 14.0. The summed E-state index contributed by atoms with van der Waals surface area (Å²) in [4.78, 5) is 3.88. The van der Waals surface area contributed by atoms with Crippen LogP contribution in [0.15, 0.2) is 23.4 Å². The van der Waals surface area contributed by atoms with Crippen LogP contribution in [-0.2, 0) is 10.0 Å². The van der Waals surface area contributed by atoms with Crippen LogP contribution in [0, 0.1) is 11.8 Å². The van der Waals surface area contributed by atoms with Gasteiger partial charge in [0.15, 0.2) is 5.03 Å². The third-order valence-corrected chi connectivity index (χ3v) is 5.58. The van der Waals surface area contributed by atoms with Gasteiger partial charge in [0.1, 0.15) is 0 Å². The molecule has 0 spiro atoms. The standard InChI is InChI=1S/C13H21N3O2S/c1-3-10-6-7-12(9(10)2)16-19(17,18)13-11(14)5-4-8-15-13/h4-5,8-10,12,16H,3,6-7,14H2,1-2H3. The van der Waals surface area contributed by atoms with Gasteiger partial charge in [-0.25, -0.2) is 18.1 Å². The number of anilines is 1. The average molecular weight is 283 g/mol. The molecule has 3 N–H and O–H groups in total. The fraction of sp³-hybridized carbons (Fsp3) is 0.615. The quantitative estimate of drug-likeness (QED) is 0.882. The summed E-state index contributed by atoms with van der Waals surface area (Å²) >= 11 is 0. The third kappa shape index (κ3) is 2.90. The van der Waals surface area contributed by atoms with Crippen LogP contribution in [0.3, 0.4) is 0 Å². The Balaban J connectivity index is 2.17. The number of pyridine rings is 1. The van der Waals surface area contributed by atoms with E-state index in [0.717, 1.165) is 19.3 Å². The summed E-state index contributed by atoms with van der Waals surface area (Å²) in [6.45, 7) is 4.25. The van der Waals surface area contributed by atoms with Crippen LogP contribution in [0.5, 0.6) is 0 Å². The molecule has 0 amide bonds. The van der Waals surface area contributed by atoms with Gasteiger partial charge < -0.3 is 5.73 Å². The lowest BCUT2D eigenvalue weighted by Crippen LogP contribution is -2.38. The Morgan fingerprint density at radius 2 is 2.21 bits per heavy atom. The molecule has 1 fully saturated rings. The van der Waals surface area contributed by atoms with Crippen LogP contribution in [0.2, 0.25) is 0 Å². The average Bonchev–Trinajstić information content (AvgIpc) is 2.70. The lowest BCUT2D eigenvalue weighted by Gasteiger charge is -2.20. The largest absolute Gasteiger partial charge is 0.396 e. The predicted octanol–water partition coefficient (Wildman–Crippen LogP) is 1.77. The number of hydrogen-bond acceptors (Lipinski definition) is 4. The molecule has 1 saturated carbocycles. The normalized spacial score (nSPS) is 27.6. The van der Waals surface area contributed by atoms with E-state index in [9.17, 15) is 8.42 Å². The summed E-state index contributed by atoms with van der Waals surface area (Å²) in [6.07, 6.45) is 4.48. The van der Waals surface area contributed by atoms with Crippen molar-refractivity contribution in [3.05, 3.63) is 18.3 Å². The van der Waals surface area contributed by atoms with Gasteiger partial charge >= 0.3 is 0 Å². The lowest BCUT2D eigenvalue weighted by atomic mass is 9.94. The Morgan fingerprint density at radius 1 is 1.47 bits per heavy atom. The van der Waals surface area contributed by atoms with Crippen LogP contribution in [0.4, 0.5) is 5.69 Å². The van der Waals surface area contributed by atoms with E-state index in [4.69, 9.17) is 5.73 Å². The highest BCUT2D eigenvalue weighted by atomic mass is 32.2. The van der Waals surface area contributed by atoms with E-state index < -0.39 is 10.0 Å². The molecular weight excluding hydrogens is 262 g/mol. The number of rotatable bonds is 4. The van der Waals surface area contributed by atoms with Crippen molar-refractivity contribution in [2.45, 2.75) is 44.2 Å². The van der Waals surface area contributed by atoms with Gasteiger partial charge in [0, 0.05) is 12.2 Å². The maximum Gasteiger partial charge on any atom is 0.260 e. The van der Waals surface area contributed by atoms with Gasteiger partial charge in [-0.15, -0.1) is 0 Å². The second-order valence-electron chi connectivity index (χ2n) is 5.23. The first-order valence-corrected chi connectivity index (χ1v) is 8.17. The summed E-state index contributed by atoms with van der Waals surface area (Å²) in [5.74, 6) is 0.943. The van der Waals surface area contributed by atoms with Crippen LogP contribution in [-0.4, -0.2) is 19.4 Å². The molecule has 1 aromatic heterocycles. The first kappa shape index (κ1) is 14.3. The minimum Gasteiger partial charge on any atom is -0.396 e. The summed E-state index contributed by atoms with van der Waals surface area (Å²) in [6, 6.07) is 3.16. The smallest absolute Gasteiger partial charge is 0.260 e. The van der Waals surface area contributed by atoms with Crippen molar-refractivity contribution < 1.29 is 8.42 Å². The Labute approximate surface area is 114 Å². The molecule has 3 atom stereocenters. The van der Waals surface area contributed by atoms with Crippen LogP contribution in [0.25, 0.3) is 0 Å². The summed E-state index contributed by atoms with van der Waals surface area (Å²) in [7, 11) is -3.63. The van der Waals surface area contributed by atoms with Crippen molar-refractivity contribution in [3.63, 3.8) is 0 Å². The SMILES string of the molecule is CCC1CCC(NS(=O)(=O)c2ncccc2N)C1C. The summed E-state index contributed by atoms with van der Waals surface area (Å²) < 4.78 is 27.3. The topological polar surface area (TPSA) is 85.1 Å². The van der Waals surface area contributed by atoms with Crippen LogP contribution >= 0.6 is 0 Å². The van der Waals surface area contributed by atoms with Crippen LogP contribution in [0.1, 0.15) is 33.1 Å². The van der Waals surface area contributed by atoms with Gasteiger partial charge in [0.2, 0.25) is 0 Å². The highest BCUT2D eigenvalue weighted by Crippen LogP contribution is 2.34.